The van der Waals surface area contributed by atoms with Gasteiger partial charge < -0.3 is 19.9 Å². The Morgan fingerprint density at radius 1 is 1.22 bits per heavy atom. The van der Waals surface area contributed by atoms with Gasteiger partial charge in [0.2, 0.25) is 5.88 Å². The monoisotopic (exact) mass is 366 g/mol. The molecule has 0 saturated carbocycles. The zero-order valence-electron chi connectivity index (χ0n) is 15.3. The van der Waals surface area contributed by atoms with Crippen molar-refractivity contribution in [2.24, 2.45) is 0 Å². The number of carbonyl (C=O) groups excluding carboxylic acids is 1. The van der Waals surface area contributed by atoms with Gasteiger partial charge in [-0.2, -0.15) is 5.26 Å². The summed E-state index contributed by atoms with van der Waals surface area (Å²) in [6, 6.07) is 9.17. The van der Waals surface area contributed by atoms with Crippen LogP contribution in [0.2, 0.25) is 0 Å². The molecule has 0 spiro atoms. The Morgan fingerprint density at radius 2 is 2.00 bits per heavy atom. The van der Waals surface area contributed by atoms with Crippen molar-refractivity contribution in [3.8, 4) is 11.9 Å². The summed E-state index contributed by atoms with van der Waals surface area (Å²) < 4.78 is 5.37. The van der Waals surface area contributed by atoms with Crippen LogP contribution in [0.25, 0.3) is 0 Å². The number of ether oxygens (including phenoxy) is 1. The Balaban J connectivity index is 1.50. The van der Waals surface area contributed by atoms with E-state index in [0.29, 0.717) is 50.8 Å². The van der Waals surface area contributed by atoms with Crippen LogP contribution < -0.4 is 15.0 Å². The molecule has 2 aromatic heterocycles. The number of hydrogen-bond donors (Lipinski definition) is 1. The molecule has 140 valence electrons. The Kier molecular flexibility index (Phi) is 6.05. The van der Waals surface area contributed by atoms with Crippen LogP contribution in [0.15, 0.2) is 36.7 Å². The number of pyridine rings is 2. The lowest BCUT2D eigenvalue weighted by molar-refractivity contribution is 0.194. The quantitative estimate of drug-likeness (QED) is 0.867. The largest absolute Gasteiger partial charge is 0.478 e. The fraction of sp³-hybridized carbons (Fsp3) is 0.368. The van der Waals surface area contributed by atoms with Gasteiger partial charge in [-0.15, -0.1) is 0 Å². The van der Waals surface area contributed by atoms with E-state index >= 15 is 0 Å². The van der Waals surface area contributed by atoms with E-state index in [1.807, 2.05) is 19.1 Å². The van der Waals surface area contributed by atoms with Crippen LogP contribution >= 0.6 is 0 Å². The van der Waals surface area contributed by atoms with Gasteiger partial charge in [0.25, 0.3) is 0 Å². The maximum absolute atomic E-state index is 12.4. The first-order valence-corrected chi connectivity index (χ1v) is 8.91. The van der Waals surface area contributed by atoms with Crippen LogP contribution in [0.1, 0.15) is 18.1 Å². The number of carbonyl (C=O) groups is 1. The van der Waals surface area contributed by atoms with Crippen molar-refractivity contribution in [1.82, 2.24) is 20.2 Å². The molecule has 1 N–H and O–H groups in total. The highest BCUT2D eigenvalue weighted by molar-refractivity contribution is 5.74. The van der Waals surface area contributed by atoms with Crippen molar-refractivity contribution in [1.29, 1.82) is 5.26 Å². The van der Waals surface area contributed by atoms with E-state index in [4.69, 9.17) is 10.00 Å². The number of rotatable bonds is 5. The lowest BCUT2D eigenvalue weighted by Crippen LogP contribution is -2.51. The third-order valence-electron chi connectivity index (χ3n) is 4.30. The van der Waals surface area contributed by atoms with E-state index in [9.17, 15) is 4.79 Å². The first-order valence-electron chi connectivity index (χ1n) is 8.91. The predicted molar refractivity (Wildman–Crippen MR) is 100 cm³/mol. The number of nitrogens with zero attached hydrogens (tertiary/aromatic N) is 5. The average Bonchev–Trinajstić information content (AvgIpc) is 2.73. The molecule has 2 aromatic rings. The second-order valence-corrected chi connectivity index (χ2v) is 6.08. The fourth-order valence-electron chi connectivity index (χ4n) is 2.88. The highest BCUT2D eigenvalue weighted by Crippen LogP contribution is 2.15. The average molecular weight is 366 g/mol. The molecule has 1 aliphatic rings. The van der Waals surface area contributed by atoms with Crippen LogP contribution in [0.3, 0.4) is 0 Å². The van der Waals surface area contributed by atoms with Crippen LogP contribution in [0.5, 0.6) is 5.88 Å². The molecule has 0 bridgehead atoms. The molecule has 8 nitrogen and oxygen atoms in total. The molecule has 0 unspecified atom stereocenters. The molecular formula is C19H22N6O2. The van der Waals surface area contributed by atoms with Crippen LogP contribution in [0, 0.1) is 11.3 Å². The molecule has 0 aliphatic carbocycles. The Hall–Kier alpha value is -3.34. The van der Waals surface area contributed by atoms with Gasteiger partial charge >= 0.3 is 6.03 Å². The van der Waals surface area contributed by atoms with Gasteiger partial charge in [-0.3, -0.25) is 0 Å². The van der Waals surface area contributed by atoms with Gasteiger partial charge in [-0.1, -0.05) is 0 Å². The first kappa shape index (κ1) is 18.5. The molecule has 3 rings (SSSR count). The summed E-state index contributed by atoms with van der Waals surface area (Å²) >= 11 is 0. The highest BCUT2D eigenvalue weighted by atomic mass is 16.5. The minimum Gasteiger partial charge on any atom is -0.478 e. The van der Waals surface area contributed by atoms with Gasteiger partial charge in [0, 0.05) is 51.2 Å². The third kappa shape index (κ3) is 4.85. The van der Waals surface area contributed by atoms with Crippen molar-refractivity contribution in [3.63, 3.8) is 0 Å². The van der Waals surface area contributed by atoms with Crippen LogP contribution in [-0.4, -0.2) is 53.7 Å². The number of piperazine rings is 1. The number of anilines is 1. The SMILES string of the molecule is CCOc1cc(CNC(=O)N2CCN(c3cc(C#N)ccn3)CC2)ccn1. The molecule has 3 heterocycles. The van der Waals surface area contributed by atoms with Gasteiger partial charge in [0.05, 0.1) is 18.2 Å². The Morgan fingerprint density at radius 3 is 2.74 bits per heavy atom. The molecule has 2 amide bonds. The maximum Gasteiger partial charge on any atom is 0.317 e. The van der Waals surface area contributed by atoms with Crippen molar-refractivity contribution in [2.75, 3.05) is 37.7 Å². The molecule has 27 heavy (non-hydrogen) atoms. The van der Waals surface area contributed by atoms with Crippen molar-refractivity contribution >= 4 is 11.8 Å². The lowest BCUT2D eigenvalue weighted by atomic mass is 10.2. The minimum atomic E-state index is -0.0943. The third-order valence-corrected chi connectivity index (χ3v) is 4.30. The zero-order valence-corrected chi connectivity index (χ0v) is 15.3. The summed E-state index contributed by atoms with van der Waals surface area (Å²) in [5.74, 6) is 1.33. The number of aromatic nitrogens is 2. The van der Waals surface area contributed by atoms with E-state index in [2.05, 4.69) is 26.3 Å². The predicted octanol–water partition coefficient (Wildman–Crippen LogP) is 1.78. The summed E-state index contributed by atoms with van der Waals surface area (Å²) in [5, 5.41) is 11.9. The van der Waals surface area contributed by atoms with Crippen molar-refractivity contribution < 1.29 is 9.53 Å². The van der Waals surface area contributed by atoms with Crippen molar-refractivity contribution in [3.05, 3.63) is 47.8 Å². The van der Waals surface area contributed by atoms with E-state index in [-0.39, 0.29) is 6.03 Å². The normalized spacial score (nSPS) is 13.8. The molecule has 8 heteroatoms. The fourth-order valence-corrected chi connectivity index (χ4v) is 2.88. The van der Waals surface area contributed by atoms with E-state index in [1.54, 1.807) is 29.4 Å². The van der Waals surface area contributed by atoms with E-state index in [0.717, 1.165) is 11.4 Å². The number of nitrogens with one attached hydrogen (secondary N) is 1. The van der Waals surface area contributed by atoms with Gasteiger partial charge in [0.15, 0.2) is 0 Å². The summed E-state index contributed by atoms with van der Waals surface area (Å²) in [6.07, 6.45) is 3.31. The van der Waals surface area contributed by atoms with Crippen LogP contribution in [-0.2, 0) is 6.54 Å². The topological polar surface area (TPSA) is 94.4 Å². The Labute approximate surface area is 158 Å². The summed E-state index contributed by atoms with van der Waals surface area (Å²) in [4.78, 5) is 24.7. The molecule has 1 fully saturated rings. The van der Waals surface area contributed by atoms with E-state index in [1.165, 1.54) is 0 Å². The number of amides is 2. The summed E-state index contributed by atoms with van der Waals surface area (Å²) in [5.41, 5.74) is 1.53. The van der Waals surface area contributed by atoms with Crippen LogP contribution in [0.4, 0.5) is 10.6 Å². The number of urea groups is 1. The lowest BCUT2D eigenvalue weighted by Gasteiger charge is -2.35. The second-order valence-electron chi connectivity index (χ2n) is 6.08. The molecular weight excluding hydrogens is 344 g/mol. The molecule has 0 atom stereocenters. The highest BCUT2D eigenvalue weighted by Gasteiger charge is 2.21. The maximum atomic E-state index is 12.4. The summed E-state index contributed by atoms with van der Waals surface area (Å²) in [6.45, 7) is 5.45. The van der Waals surface area contributed by atoms with Gasteiger partial charge in [-0.25, -0.2) is 14.8 Å². The van der Waals surface area contributed by atoms with E-state index < -0.39 is 0 Å². The summed E-state index contributed by atoms with van der Waals surface area (Å²) in [7, 11) is 0. The Bertz CT molecular complexity index is 827. The standard InChI is InChI=1S/C19H22N6O2/c1-2-27-18-12-16(4-6-22-18)14-23-19(26)25-9-7-24(8-10-25)17-11-15(13-20)3-5-21-17/h3-6,11-12H,2,7-10,14H2,1H3,(H,23,26). The van der Waals surface area contributed by atoms with Crippen molar-refractivity contribution in [2.45, 2.75) is 13.5 Å². The number of hydrogen-bond acceptors (Lipinski definition) is 6. The smallest absolute Gasteiger partial charge is 0.317 e. The van der Waals surface area contributed by atoms with Gasteiger partial charge in [-0.05, 0) is 30.7 Å². The molecule has 1 aliphatic heterocycles. The van der Waals surface area contributed by atoms with Gasteiger partial charge in [0.1, 0.15) is 5.82 Å². The number of nitriles is 1. The minimum absolute atomic E-state index is 0.0943. The molecule has 0 radical (unpaired) electrons. The molecule has 0 aromatic carbocycles. The zero-order chi connectivity index (χ0) is 19.1. The second kappa shape index (κ2) is 8.85. The first-order chi connectivity index (χ1) is 13.2. The molecule has 1 saturated heterocycles.